The van der Waals surface area contributed by atoms with Crippen molar-refractivity contribution in [1.82, 2.24) is 4.90 Å². The van der Waals surface area contributed by atoms with Crippen molar-refractivity contribution < 1.29 is 0 Å². The molecule has 0 radical (unpaired) electrons. The quantitative estimate of drug-likeness (QED) is 0.811. The predicted molar refractivity (Wildman–Crippen MR) is 67.1 cm³/mol. The molecule has 0 aliphatic rings. The number of rotatable bonds is 6. The first kappa shape index (κ1) is 12.0. The third-order valence-electron chi connectivity index (χ3n) is 2.33. The van der Waals surface area contributed by atoms with E-state index in [1.165, 1.54) is 5.56 Å². The van der Waals surface area contributed by atoms with E-state index >= 15 is 0 Å². The second kappa shape index (κ2) is 6.45. The van der Waals surface area contributed by atoms with Crippen molar-refractivity contribution in [1.29, 1.82) is 0 Å². The standard InChI is InChI=1S/C10H18N2S2/c1-12(4-6-13-2)10(7-11)9-3-5-14-8-9/h3,5,8,10H,4,6-7,11H2,1-2H3. The fourth-order valence-corrected chi connectivity index (χ4v) is 2.60. The molecule has 1 aromatic rings. The molecule has 1 rings (SSSR count). The highest BCUT2D eigenvalue weighted by atomic mass is 32.2. The van der Waals surface area contributed by atoms with Crippen LogP contribution < -0.4 is 5.73 Å². The van der Waals surface area contributed by atoms with Gasteiger partial charge in [0.25, 0.3) is 0 Å². The average molecular weight is 230 g/mol. The minimum Gasteiger partial charge on any atom is -0.329 e. The monoisotopic (exact) mass is 230 g/mol. The van der Waals surface area contributed by atoms with E-state index in [-0.39, 0.29) is 0 Å². The highest BCUT2D eigenvalue weighted by Gasteiger charge is 2.14. The molecule has 2 nitrogen and oxygen atoms in total. The van der Waals surface area contributed by atoms with Gasteiger partial charge >= 0.3 is 0 Å². The van der Waals surface area contributed by atoms with Crippen molar-refractivity contribution in [3.05, 3.63) is 22.4 Å². The minimum atomic E-state index is 0.383. The summed E-state index contributed by atoms with van der Waals surface area (Å²) in [6.45, 7) is 1.79. The lowest BCUT2D eigenvalue weighted by atomic mass is 10.1. The molecule has 0 bridgehead atoms. The van der Waals surface area contributed by atoms with Crippen molar-refractivity contribution in [2.24, 2.45) is 5.73 Å². The van der Waals surface area contributed by atoms with Gasteiger partial charge in [0.05, 0.1) is 0 Å². The van der Waals surface area contributed by atoms with Gasteiger partial charge in [-0.3, -0.25) is 4.90 Å². The number of nitrogens with two attached hydrogens (primary N) is 1. The number of likely N-dealkylation sites (N-methyl/N-ethyl adjacent to an activating group) is 1. The lowest BCUT2D eigenvalue weighted by Gasteiger charge is -2.26. The van der Waals surface area contributed by atoms with E-state index in [4.69, 9.17) is 5.73 Å². The molecule has 0 amide bonds. The summed E-state index contributed by atoms with van der Waals surface area (Å²) in [4.78, 5) is 2.33. The third kappa shape index (κ3) is 3.28. The largest absolute Gasteiger partial charge is 0.329 e. The second-order valence-corrected chi connectivity index (χ2v) is 5.05. The van der Waals surface area contributed by atoms with E-state index in [9.17, 15) is 0 Å². The van der Waals surface area contributed by atoms with Crippen LogP contribution in [0.4, 0.5) is 0 Å². The van der Waals surface area contributed by atoms with Crippen LogP contribution in [-0.2, 0) is 0 Å². The van der Waals surface area contributed by atoms with Gasteiger partial charge in [-0.1, -0.05) is 0 Å². The number of thioether (sulfide) groups is 1. The molecule has 14 heavy (non-hydrogen) atoms. The van der Waals surface area contributed by atoms with Crippen LogP contribution in [0.2, 0.25) is 0 Å². The number of hydrogen-bond donors (Lipinski definition) is 1. The van der Waals surface area contributed by atoms with Crippen LogP contribution in [0.3, 0.4) is 0 Å². The Balaban J connectivity index is 2.53. The zero-order valence-corrected chi connectivity index (χ0v) is 10.4. The molecule has 0 saturated heterocycles. The summed E-state index contributed by atoms with van der Waals surface area (Å²) in [6.07, 6.45) is 2.13. The molecular weight excluding hydrogens is 212 g/mol. The Morgan fingerprint density at radius 2 is 2.43 bits per heavy atom. The van der Waals surface area contributed by atoms with Crippen LogP contribution in [-0.4, -0.2) is 37.0 Å². The van der Waals surface area contributed by atoms with Gasteiger partial charge in [-0.2, -0.15) is 23.1 Å². The molecule has 1 atom stereocenters. The summed E-state index contributed by atoms with van der Waals surface area (Å²) in [5.41, 5.74) is 7.14. The van der Waals surface area contributed by atoms with Crippen LogP contribution in [0.15, 0.2) is 16.8 Å². The van der Waals surface area contributed by atoms with E-state index < -0.39 is 0 Å². The molecule has 80 valence electrons. The molecule has 4 heteroatoms. The molecule has 1 heterocycles. The second-order valence-electron chi connectivity index (χ2n) is 3.28. The van der Waals surface area contributed by atoms with Gasteiger partial charge in [0.2, 0.25) is 0 Å². The first-order valence-corrected chi connectivity index (χ1v) is 7.04. The Hall–Kier alpha value is -0.0300. The normalized spacial score (nSPS) is 13.4. The first-order chi connectivity index (χ1) is 6.79. The van der Waals surface area contributed by atoms with Crippen LogP contribution in [0, 0.1) is 0 Å². The van der Waals surface area contributed by atoms with Crippen molar-refractivity contribution >= 4 is 23.1 Å². The predicted octanol–water partition coefficient (Wildman–Crippen LogP) is 2.04. The molecule has 2 N–H and O–H groups in total. The van der Waals surface area contributed by atoms with Gasteiger partial charge in [0.15, 0.2) is 0 Å². The van der Waals surface area contributed by atoms with Gasteiger partial charge in [-0.15, -0.1) is 0 Å². The number of nitrogens with zero attached hydrogens (tertiary/aromatic N) is 1. The highest BCUT2D eigenvalue weighted by Crippen LogP contribution is 2.20. The molecule has 0 aliphatic carbocycles. The summed E-state index contributed by atoms with van der Waals surface area (Å²) in [5, 5.41) is 4.30. The van der Waals surface area contributed by atoms with Crippen LogP contribution in [0.5, 0.6) is 0 Å². The topological polar surface area (TPSA) is 29.3 Å². The van der Waals surface area contributed by atoms with Gasteiger partial charge in [0.1, 0.15) is 0 Å². The van der Waals surface area contributed by atoms with Crippen molar-refractivity contribution in [3.8, 4) is 0 Å². The van der Waals surface area contributed by atoms with E-state index in [0.717, 1.165) is 12.3 Å². The molecular formula is C10H18N2S2. The van der Waals surface area contributed by atoms with Crippen LogP contribution in [0.1, 0.15) is 11.6 Å². The van der Waals surface area contributed by atoms with Crippen molar-refractivity contribution in [3.63, 3.8) is 0 Å². The molecule has 1 aromatic heterocycles. The van der Waals surface area contributed by atoms with E-state index in [2.05, 4.69) is 35.0 Å². The van der Waals surface area contributed by atoms with E-state index in [1.54, 1.807) is 11.3 Å². The third-order valence-corrected chi connectivity index (χ3v) is 3.62. The number of hydrogen-bond acceptors (Lipinski definition) is 4. The Morgan fingerprint density at radius 1 is 1.64 bits per heavy atom. The lowest BCUT2D eigenvalue weighted by molar-refractivity contribution is 0.266. The smallest absolute Gasteiger partial charge is 0.0475 e. The molecule has 1 unspecified atom stereocenters. The van der Waals surface area contributed by atoms with Crippen molar-refractivity contribution in [2.45, 2.75) is 6.04 Å². The maximum Gasteiger partial charge on any atom is 0.0475 e. The van der Waals surface area contributed by atoms with E-state index in [0.29, 0.717) is 12.6 Å². The zero-order valence-electron chi connectivity index (χ0n) is 8.77. The maximum absolute atomic E-state index is 5.79. The molecule has 0 aliphatic heterocycles. The van der Waals surface area contributed by atoms with Gasteiger partial charge in [0, 0.05) is 24.9 Å². The summed E-state index contributed by atoms with van der Waals surface area (Å²) in [6, 6.07) is 2.55. The number of thiophene rings is 1. The summed E-state index contributed by atoms with van der Waals surface area (Å²) >= 11 is 3.61. The first-order valence-electron chi connectivity index (χ1n) is 4.71. The molecule has 0 aromatic carbocycles. The van der Waals surface area contributed by atoms with Gasteiger partial charge < -0.3 is 5.73 Å². The fraction of sp³-hybridized carbons (Fsp3) is 0.600. The van der Waals surface area contributed by atoms with Crippen LogP contribution >= 0.6 is 23.1 Å². The molecule has 0 saturated carbocycles. The van der Waals surface area contributed by atoms with Gasteiger partial charge in [-0.05, 0) is 35.7 Å². The highest BCUT2D eigenvalue weighted by molar-refractivity contribution is 7.98. The minimum absolute atomic E-state index is 0.383. The Bertz CT molecular complexity index is 236. The summed E-state index contributed by atoms with van der Waals surface area (Å²) in [5.74, 6) is 1.16. The Morgan fingerprint density at radius 3 is 2.93 bits per heavy atom. The molecule has 0 fully saturated rings. The van der Waals surface area contributed by atoms with Crippen molar-refractivity contribution in [2.75, 3.05) is 32.1 Å². The van der Waals surface area contributed by atoms with Gasteiger partial charge in [-0.25, -0.2) is 0 Å². The Labute approximate surface area is 94.5 Å². The van der Waals surface area contributed by atoms with Crippen LogP contribution in [0.25, 0.3) is 0 Å². The maximum atomic E-state index is 5.79. The fourth-order valence-electron chi connectivity index (χ4n) is 1.43. The summed E-state index contributed by atoms with van der Waals surface area (Å²) in [7, 11) is 2.14. The summed E-state index contributed by atoms with van der Waals surface area (Å²) < 4.78 is 0. The zero-order chi connectivity index (χ0) is 10.4. The van der Waals surface area contributed by atoms with E-state index in [1.807, 2.05) is 11.8 Å². The Kier molecular flexibility index (Phi) is 5.55. The SMILES string of the molecule is CSCCN(C)C(CN)c1ccsc1. The average Bonchev–Trinajstić information content (AvgIpc) is 2.69. The molecule has 0 spiro atoms. The lowest BCUT2D eigenvalue weighted by Crippen LogP contribution is -2.31.